The van der Waals surface area contributed by atoms with Crippen LogP contribution in [-0.4, -0.2) is 28.9 Å². The van der Waals surface area contributed by atoms with Gasteiger partial charge in [-0.05, 0) is 18.6 Å². The Bertz CT molecular complexity index is 531. The number of alkyl halides is 1. The molecule has 6 heteroatoms. The summed E-state index contributed by atoms with van der Waals surface area (Å²) in [6.45, 7) is 4.17. The van der Waals surface area contributed by atoms with E-state index in [9.17, 15) is 4.79 Å². The van der Waals surface area contributed by atoms with Crippen molar-refractivity contribution in [3.8, 4) is 5.75 Å². The molecule has 4 nitrogen and oxygen atoms in total. The van der Waals surface area contributed by atoms with Crippen LogP contribution in [0.1, 0.15) is 32.3 Å². The van der Waals surface area contributed by atoms with Gasteiger partial charge in [-0.2, -0.15) is 0 Å². The van der Waals surface area contributed by atoms with Crippen molar-refractivity contribution in [3.63, 3.8) is 0 Å². The molecule has 0 radical (unpaired) electrons. The third-order valence-electron chi connectivity index (χ3n) is 3.61. The van der Waals surface area contributed by atoms with Gasteiger partial charge in [0.05, 0.1) is 28.6 Å². The fourth-order valence-electron chi connectivity index (χ4n) is 2.46. The Labute approximate surface area is 149 Å². The highest BCUT2D eigenvalue weighted by molar-refractivity contribution is 14.1. The summed E-state index contributed by atoms with van der Waals surface area (Å²) < 4.78 is 18.0. The van der Waals surface area contributed by atoms with E-state index in [1.807, 2.05) is 19.1 Å². The summed E-state index contributed by atoms with van der Waals surface area (Å²) in [4.78, 5) is 11.8. The summed E-state index contributed by atoms with van der Waals surface area (Å²) in [5, 5.41) is 0.570. The predicted octanol–water partition coefficient (Wildman–Crippen LogP) is 4.15. The van der Waals surface area contributed by atoms with Crippen LogP contribution in [0.2, 0.25) is 5.02 Å². The van der Waals surface area contributed by atoms with E-state index < -0.39 is 5.79 Å². The van der Waals surface area contributed by atoms with Gasteiger partial charge >= 0.3 is 5.97 Å². The first-order chi connectivity index (χ1) is 10.5. The largest absolute Gasteiger partial charge is 0.466 e. The van der Waals surface area contributed by atoms with Gasteiger partial charge in [-0.25, -0.2) is 0 Å². The van der Waals surface area contributed by atoms with Crippen molar-refractivity contribution in [2.24, 2.45) is 0 Å². The van der Waals surface area contributed by atoms with Gasteiger partial charge in [-0.3, -0.25) is 4.79 Å². The second-order valence-corrected chi connectivity index (χ2v) is 6.35. The molecule has 0 saturated heterocycles. The van der Waals surface area contributed by atoms with E-state index in [4.69, 9.17) is 25.8 Å². The van der Waals surface area contributed by atoms with E-state index >= 15 is 0 Å². The molecule has 0 fully saturated rings. The van der Waals surface area contributed by atoms with E-state index in [1.54, 1.807) is 13.0 Å². The molecule has 1 aromatic rings. The van der Waals surface area contributed by atoms with Crippen LogP contribution < -0.4 is 4.74 Å². The standard InChI is InChI=1S/C16H20ClIO4/c1-3-16(10-18)21-12(9-14(19)20-4-2)8-11-6-5-7-13(17)15(11)22-16/h5-7,12H,3-4,8-10H2,1-2H3. The van der Waals surface area contributed by atoms with Gasteiger partial charge in [0, 0.05) is 12.8 Å². The minimum atomic E-state index is -0.770. The Morgan fingerprint density at radius 1 is 1.50 bits per heavy atom. The Hall–Kier alpha value is -0.530. The van der Waals surface area contributed by atoms with Gasteiger partial charge in [0.15, 0.2) is 0 Å². The van der Waals surface area contributed by atoms with Crippen LogP contribution in [0.5, 0.6) is 5.75 Å². The zero-order chi connectivity index (χ0) is 16.2. The number of rotatable bonds is 5. The summed E-state index contributed by atoms with van der Waals surface area (Å²) in [5.74, 6) is -0.362. The molecular formula is C16H20ClIO4. The lowest BCUT2D eigenvalue weighted by Gasteiger charge is -2.33. The molecule has 2 rings (SSSR count). The maximum atomic E-state index is 11.8. The number of ether oxygens (including phenoxy) is 3. The molecule has 1 aliphatic heterocycles. The van der Waals surface area contributed by atoms with Crippen molar-refractivity contribution in [3.05, 3.63) is 28.8 Å². The predicted molar refractivity (Wildman–Crippen MR) is 93.8 cm³/mol. The highest BCUT2D eigenvalue weighted by Crippen LogP contribution is 2.39. The molecule has 0 amide bonds. The maximum Gasteiger partial charge on any atom is 0.308 e. The summed E-state index contributed by atoms with van der Waals surface area (Å²) in [6, 6.07) is 5.65. The highest BCUT2D eigenvalue weighted by Gasteiger charge is 2.38. The van der Waals surface area contributed by atoms with Gasteiger partial charge in [0.2, 0.25) is 5.79 Å². The number of para-hydroxylation sites is 1. The minimum Gasteiger partial charge on any atom is -0.466 e. The van der Waals surface area contributed by atoms with Crippen LogP contribution in [0.4, 0.5) is 0 Å². The van der Waals surface area contributed by atoms with Gasteiger partial charge in [0.1, 0.15) is 5.75 Å². The highest BCUT2D eigenvalue weighted by atomic mass is 127. The lowest BCUT2D eigenvalue weighted by molar-refractivity contribution is -0.194. The number of hydrogen-bond donors (Lipinski definition) is 0. The molecule has 0 saturated carbocycles. The molecule has 1 heterocycles. The molecule has 0 N–H and O–H groups in total. The van der Waals surface area contributed by atoms with Crippen molar-refractivity contribution in [2.75, 3.05) is 11.0 Å². The molecule has 0 aliphatic carbocycles. The Balaban J connectivity index is 2.32. The molecule has 0 bridgehead atoms. The lowest BCUT2D eigenvalue weighted by Crippen LogP contribution is -2.43. The van der Waals surface area contributed by atoms with Crippen LogP contribution in [0.25, 0.3) is 0 Å². The van der Waals surface area contributed by atoms with Crippen molar-refractivity contribution < 1.29 is 19.0 Å². The Kier molecular flexibility index (Phi) is 6.35. The minimum absolute atomic E-state index is 0.210. The van der Waals surface area contributed by atoms with Crippen LogP contribution in [0.15, 0.2) is 18.2 Å². The second-order valence-electron chi connectivity index (χ2n) is 5.18. The normalized spacial score (nSPS) is 24.1. The maximum absolute atomic E-state index is 11.8. The Morgan fingerprint density at radius 2 is 2.27 bits per heavy atom. The van der Waals surface area contributed by atoms with Gasteiger partial charge in [-0.15, -0.1) is 0 Å². The lowest BCUT2D eigenvalue weighted by atomic mass is 10.0. The van der Waals surface area contributed by atoms with Gasteiger partial charge in [0.25, 0.3) is 0 Å². The number of carbonyl (C=O) groups is 1. The molecule has 22 heavy (non-hydrogen) atoms. The van der Waals surface area contributed by atoms with E-state index in [-0.39, 0.29) is 18.5 Å². The molecular weight excluding hydrogens is 419 g/mol. The zero-order valence-corrected chi connectivity index (χ0v) is 15.6. The van der Waals surface area contributed by atoms with Crippen molar-refractivity contribution in [1.29, 1.82) is 0 Å². The molecule has 1 aliphatic rings. The Morgan fingerprint density at radius 3 is 2.91 bits per heavy atom. The smallest absolute Gasteiger partial charge is 0.308 e. The fraction of sp³-hybridized carbons (Fsp3) is 0.562. The summed E-state index contributed by atoms with van der Waals surface area (Å²) in [5.41, 5.74) is 0.960. The molecule has 122 valence electrons. The van der Waals surface area contributed by atoms with Crippen LogP contribution in [0.3, 0.4) is 0 Å². The molecule has 0 spiro atoms. The number of fused-ring (bicyclic) bond motifs is 1. The van der Waals surface area contributed by atoms with E-state index in [0.717, 1.165) is 5.56 Å². The summed E-state index contributed by atoms with van der Waals surface area (Å²) >= 11 is 8.52. The van der Waals surface area contributed by atoms with Crippen molar-refractivity contribution >= 4 is 40.2 Å². The van der Waals surface area contributed by atoms with E-state index in [2.05, 4.69) is 22.6 Å². The third-order valence-corrected chi connectivity index (χ3v) is 5.07. The van der Waals surface area contributed by atoms with Crippen molar-refractivity contribution in [2.45, 2.75) is 45.0 Å². The first-order valence-corrected chi connectivity index (χ1v) is 9.29. The number of carbonyl (C=O) groups excluding carboxylic acids is 1. The first kappa shape index (κ1) is 17.8. The molecule has 1 aromatic carbocycles. The van der Waals surface area contributed by atoms with Gasteiger partial charge < -0.3 is 14.2 Å². The average Bonchev–Trinajstić information content (AvgIpc) is 2.65. The van der Waals surface area contributed by atoms with Gasteiger partial charge in [-0.1, -0.05) is 53.2 Å². The van der Waals surface area contributed by atoms with E-state index in [0.29, 0.717) is 34.6 Å². The third kappa shape index (κ3) is 4.06. The second kappa shape index (κ2) is 7.84. The molecule has 2 unspecified atom stereocenters. The summed E-state index contributed by atoms with van der Waals surface area (Å²) in [6.07, 6.45) is 1.17. The van der Waals surface area contributed by atoms with Crippen LogP contribution in [-0.2, 0) is 20.7 Å². The van der Waals surface area contributed by atoms with Crippen LogP contribution >= 0.6 is 34.2 Å². The monoisotopic (exact) mass is 438 g/mol. The fourth-order valence-corrected chi connectivity index (χ4v) is 3.57. The summed E-state index contributed by atoms with van der Waals surface area (Å²) in [7, 11) is 0. The zero-order valence-electron chi connectivity index (χ0n) is 12.7. The molecule has 0 aromatic heterocycles. The number of hydrogen-bond acceptors (Lipinski definition) is 4. The number of esters is 1. The first-order valence-electron chi connectivity index (χ1n) is 7.39. The number of benzene rings is 1. The van der Waals surface area contributed by atoms with E-state index in [1.165, 1.54) is 0 Å². The van der Waals surface area contributed by atoms with Crippen LogP contribution in [0, 0.1) is 0 Å². The molecule has 2 atom stereocenters. The topological polar surface area (TPSA) is 44.8 Å². The SMILES string of the molecule is CCOC(=O)CC1Cc2cccc(Cl)c2OC(CC)(CI)O1. The quantitative estimate of drug-likeness (QED) is 0.393. The van der Waals surface area contributed by atoms with Crippen molar-refractivity contribution in [1.82, 2.24) is 0 Å². The number of halogens is 2. The average molecular weight is 439 g/mol.